The van der Waals surface area contributed by atoms with Crippen molar-refractivity contribution >= 4 is 17.1 Å². The lowest BCUT2D eigenvalue weighted by molar-refractivity contribution is 0.100. The SMILES string of the molecule is CC1(c2cnc3[nH]cc(C(N)=O)c3n2)CC1. The van der Waals surface area contributed by atoms with Crippen LogP contribution >= 0.6 is 0 Å². The average Bonchev–Trinajstić information content (AvgIpc) is 2.87. The normalized spacial score (nSPS) is 17.6. The van der Waals surface area contributed by atoms with E-state index in [9.17, 15) is 4.79 Å². The number of carbonyl (C=O) groups excluding carboxylic acids is 1. The van der Waals surface area contributed by atoms with Crippen LogP contribution in [0.1, 0.15) is 35.8 Å². The summed E-state index contributed by atoms with van der Waals surface area (Å²) in [5.74, 6) is -0.473. The molecule has 0 saturated heterocycles. The summed E-state index contributed by atoms with van der Waals surface area (Å²) in [5.41, 5.74) is 7.97. The summed E-state index contributed by atoms with van der Waals surface area (Å²) in [6.45, 7) is 2.15. The Kier molecular flexibility index (Phi) is 1.64. The van der Waals surface area contributed by atoms with E-state index < -0.39 is 5.91 Å². The number of aromatic amines is 1. The quantitative estimate of drug-likeness (QED) is 0.788. The van der Waals surface area contributed by atoms with Crippen LogP contribution in [-0.2, 0) is 5.41 Å². The van der Waals surface area contributed by atoms with Crippen molar-refractivity contribution in [1.29, 1.82) is 0 Å². The van der Waals surface area contributed by atoms with E-state index in [0.717, 1.165) is 18.5 Å². The van der Waals surface area contributed by atoms with Crippen molar-refractivity contribution in [2.24, 2.45) is 5.73 Å². The number of carbonyl (C=O) groups is 1. The van der Waals surface area contributed by atoms with E-state index in [4.69, 9.17) is 5.73 Å². The number of H-pyrrole nitrogens is 1. The molecule has 3 rings (SSSR count). The van der Waals surface area contributed by atoms with Crippen LogP contribution in [0.4, 0.5) is 0 Å². The molecule has 82 valence electrons. The van der Waals surface area contributed by atoms with Gasteiger partial charge in [-0.15, -0.1) is 0 Å². The molecule has 0 spiro atoms. The fourth-order valence-electron chi connectivity index (χ4n) is 1.81. The summed E-state index contributed by atoms with van der Waals surface area (Å²) in [4.78, 5) is 22.8. The molecular weight excluding hydrogens is 204 g/mol. The van der Waals surface area contributed by atoms with Crippen LogP contribution in [-0.4, -0.2) is 20.9 Å². The molecule has 1 aliphatic rings. The number of hydrogen-bond acceptors (Lipinski definition) is 3. The third-order valence-electron chi connectivity index (χ3n) is 3.26. The molecule has 0 aromatic carbocycles. The Morgan fingerprint density at radius 2 is 2.31 bits per heavy atom. The van der Waals surface area contributed by atoms with Crippen LogP contribution in [0.25, 0.3) is 11.2 Å². The van der Waals surface area contributed by atoms with Crippen LogP contribution in [0.2, 0.25) is 0 Å². The number of primary amides is 1. The first kappa shape index (κ1) is 9.33. The zero-order valence-corrected chi connectivity index (χ0v) is 8.95. The molecule has 0 atom stereocenters. The molecule has 1 fully saturated rings. The largest absolute Gasteiger partial charge is 0.365 e. The molecule has 0 radical (unpaired) electrons. The number of nitrogens with two attached hydrogens (primary N) is 1. The van der Waals surface area contributed by atoms with Gasteiger partial charge >= 0.3 is 0 Å². The maximum Gasteiger partial charge on any atom is 0.252 e. The zero-order chi connectivity index (χ0) is 11.3. The van der Waals surface area contributed by atoms with E-state index in [0.29, 0.717) is 16.7 Å². The Hall–Kier alpha value is -1.91. The molecule has 1 amide bonds. The van der Waals surface area contributed by atoms with Crippen molar-refractivity contribution in [1.82, 2.24) is 15.0 Å². The van der Waals surface area contributed by atoms with E-state index >= 15 is 0 Å². The summed E-state index contributed by atoms with van der Waals surface area (Å²) in [7, 11) is 0. The third-order valence-corrected chi connectivity index (χ3v) is 3.26. The Balaban J connectivity index is 2.22. The maximum atomic E-state index is 11.2. The van der Waals surface area contributed by atoms with Gasteiger partial charge < -0.3 is 10.7 Å². The molecule has 2 aromatic rings. The second-order valence-corrected chi connectivity index (χ2v) is 4.58. The van der Waals surface area contributed by atoms with Gasteiger partial charge in [0.15, 0.2) is 5.65 Å². The minimum atomic E-state index is -0.473. The minimum Gasteiger partial charge on any atom is -0.365 e. The fourth-order valence-corrected chi connectivity index (χ4v) is 1.81. The molecule has 0 aliphatic heterocycles. The number of hydrogen-bond donors (Lipinski definition) is 2. The highest BCUT2D eigenvalue weighted by Gasteiger charge is 2.41. The van der Waals surface area contributed by atoms with Gasteiger partial charge in [-0.2, -0.15) is 0 Å². The summed E-state index contributed by atoms with van der Waals surface area (Å²) < 4.78 is 0. The molecule has 2 aromatic heterocycles. The van der Waals surface area contributed by atoms with Gasteiger partial charge in [0, 0.05) is 11.6 Å². The van der Waals surface area contributed by atoms with Crippen molar-refractivity contribution in [3.8, 4) is 0 Å². The second-order valence-electron chi connectivity index (χ2n) is 4.58. The number of nitrogens with one attached hydrogen (secondary N) is 1. The lowest BCUT2D eigenvalue weighted by Gasteiger charge is -2.06. The molecule has 1 aliphatic carbocycles. The predicted molar refractivity (Wildman–Crippen MR) is 59.0 cm³/mol. The number of fused-ring (bicyclic) bond motifs is 1. The van der Waals surface area contributed by atoms with Crippen LogP contribution in [0.15, 0.2) is 12.4 Å². The fraction of sp³-hybridized carbons (Fsp3) is 0.364. The maximum absolute atomic E-state index is 11.2. The summed E-state index contributed by atoms with van der Waals surface area (Å²) >= 11 is 0. The molecule has 5 heteroatoms. The van der Waals surface area contributed by atoms with E-state index in [1.807, 2.05) is 0 Å². The topological polar surface area (TPSA) is 84.7 Å². The minimum absolute atomic E-state index is 0.146. The van der Waals surface area contributed by atoms with Crippen LogP contribution < -0.4 is 5.73 Å². The Bertz CT molecular complexity index is 583. The van der Waals surface area contributed by atoms with Crippen molar-refractivity contribution in [2.75, 3.05) is 0 Å². The lowest BCUT2D eigenvalue weighted by atomic mass is 10.1. The number of nitrogens with zero attached hydrogens (tertiary/aromatic N) is 2. The second kappa shape index (κ2) is 2.81. The van der Waals surface area contributed by atoms with Crippen LogP contribution in [0.5, 0.6) is 0 Å². The van der Waals surface area contributed by atoms with Crippen molar-refractivity contribution in [3.05, 3.63) is 23.7 Å². The number of amides is 1. The van der Waals surface area contributed by atoms with Gasteiger partial charge in [0.1, 0.15) is 5.52 Å². The van der Waals surface area contributed by atoms with Crippen molar-refractivity contribution in [3.63, 3.8) is 0 Å². The highest BCUT2D eigenvalue weighted by atomic mass is 16.1. The molecule has 5 nitrogen and oxygen atoms in total. The molecule has 0 unspecified atom stereocenters. The first-order valence-electron chi connectivity index (χ1n) is 5.24. The van der Waals surface area contributed by atoms with Crippen molar-refractivity contribution in [2.45, 2.75) is 25.2 Å². The Morgan fingerprint density at radius 3 is 2.94 bits per heavy atom. The van der Waals surface area contributed by atoms with E-state index in [2.05, 4.69) is 21.9 Å². The van der Waals surface area contributed by atoms with Crippen LogP contribution in [0, 0.1) is 0 Å². The number of rotatable bonds is 2. The molecular formula is C11H12N4O. The standard InChI is InChI=1S/C11H12N4O/c1-11(2-3-11)7-5-14-10-8(15-7)6(4-13-10)9(12)16/h4-5H,2-3H2,1H3,(H2,12,16)(H,13,14). The first-order valence-corrected chi connectivity index (χ1v) is 5.24. The molecule has 2 heterocycles. The molecule has 3 N–H and O–H groups in total. The third kappa shape index (κ3) is 1.21. The summed E-state index contributed by atoms with van der Waals surface area (Å²) in [5, 5.41) is 0. The average molecular weight is 216 g/mol. The van der Waals surface area contributed by atoms with Gasteiger partial charge in [-0.25, -0.2) is 9.97 Å². The Labute approximate surface area is 92.1 Å². The monoisotopic (exact) mass is 216 g/mol. The van der Waals surface area contributed by atoms with E-state index in [1.54, 1.807) is 12.4 Å². The van der Waals surface area contributed by atoms with E-state index in [-0.39, 0.29) is 5.41 Å². The lowest BCUT2D eigenvalue weighted by Crippen LogP contribution is -2.11. The van der Waals surface area contributed by atoms with Crippen molar-refractivity contribution < 1.29 is 4.79 Å². The molecule has 1 saturated carbocycles. The van der Waals surface area contributed by atoms with Gasteiger partial charge in [-0.05, 0) is 12.8 Å². The highest BCUT2D eigenvalue weighted by Crippen LogP contribution is 2.46. The molecule has 0 bridgehead atoms. The van der Waals surface area contributed by atoms with Gasteiger partial charge in [-0.1, -0.05) is 6.92 Å². The highest BCUT2D eigenvalue weighted by molar-refractivity contribution is 6.03. The van der Waals surface area contributed by atoms with E-state index in [1.165, 1.54) is 0 Å². The van der Waals surface area contributed by atoms with Gasteiger partial charge in [0.2, 0.25) is 0 Å². The smallest absolute Gasteiger partial charge is 0.252 e. The van der Waals surface area contributed by atoms with Gasteiger partial charge in [0.05, 0.1) is 17.5 Å². The van der Waals surface area contributed by atoms with Crippen LogP contribution in [0.3, 0.4) is 0 Å². The summed E-state index contributed by atoms with van der Waals surface area (Å²) in [6.07, 6.45) is 5.59. The number of aromatic nitrogens is 3. The summed E-state index contributed by atoms with van der Waals surface area (Å²) in [6, 6.07) is 0. The zero-order valence-electron chi connectivity index (χ0n) is 8.95. The first-order chi connectivity index (χ1) is 7.60. The van der Waals surface area contributed by atoms with Gasteiger partial charge in [0.25, 0.3) is 5.91 Å². The molecule has 16 heavy (non-hydrogen) atoms. The predicted octanol–water partition coefficient (Wildman–Crippen LogP) is 1.11. The Morgan fingerprint density at radius 1 is 1.56 bits per heavy atom. The van der Waals surface area contributed by atoms with Gasteiger partial charge in [-0.3, -0.25) is 4.79 Å².